The zero-order valence-corrected chi connectivity index (χ0v) is 17.3. The molecule has 0 amide bonds. The molecule has 2 atom stereocenters. The van der Waals surface area contributed by atoms with Gasteiger partial charge in [-0.3, -0.25) is 4.72 Å². The summed E-state index contributed by atoms with van der Waals surface area (Å²) in [6.45, 7) is 0. The number of benzene rings is 1. The minimum Gasteiger partial charge on any atom is -0.380 e. The average molecular weight is 463 g/mol. The van der Waals surface area contributed by atoms with Crippen LogP contribution in [0.1, 0.15) is 25.7 Å². The summed E-state index contributed by atoms with van der Waals surface area (Å²) < 4.78 is 42.2. The molecule has 26 heavy (non-hydrogen) atoms. The molecule has 0 aliphatic heterocycles. The van der Waals surface area contributed by atoms with Gasteiger partial charge in [0.05, 0.1) is 5.69 Å². The maximum absolute atomic E-state index is 14.6. The lowest BCUT2D eigenvalue weighted by molar-refractivity contribution is 0.361. The molecule has 1 fully saturated rings. The first kappa shape index (κ1) is 19.5. The highest BCUT2D eigenvalue weighted by Gasteiger charge is 2.26. The number of thiazole rings is 1. The van der Waals surface area contributed by atoms with E-state index in [1.165, 1.54) is 24.8 Å². The Morgan fingerprint density at radius 2 is 2.00 bits per heavy atom. The minimum absolute atomic E-state index is 0.167. The van der Waals surface area contributed by atoms with E-state index >= 15 is 0 Å². The van der Waals surface area contributed by atoms with Crippen molar-refractivity contribution in [3.63, 3.8) is 0 Å². The van der Waals surface area contributed by atoms with Crippen LogP contribution in [0.2, 0.25) is 0 Å². The zero-order chi connectivity index (χ0) is 18.7. The highest BCUT2D eigenvalue weighted by molar-refractivity contribution is 9.10. The summed E-state index contributed by atoms with van der Waals surface area (Å²) in [4.78, 5) is 3.45. The third-order valence-electron chi connectivity index (χ3n) is 4.44. The highest BCUT2D eigenvalue weighted by atomic mass is 79.9. The molecule has 0 radical (unpaired) electrons. The third kappa shape index (κ3) is 4.36. The maximum Gasteiger partial charge on any atom is 0.266 e. The van der Waals surface area contributed by atoms with E-state index in [0.29, 0.717) is 16.2 Å². The fraction of sp³-hybridized carbons (Fsp3) is 0.438. The van der Waals surface area contributed by atoms with Gasteiger partial charge >= 0.3 is 0 Å². The Bertz CT molecular complexity index is 861. The summed E-state index contributed by atoms with van der Waals surface area (Å²) in [5, 5.41) is 8.46. The number of halogens is 2. The van der Waals surface area contributed by atoms with E-state index in [4.69, 9.17) is 0 Å². The monoisotopic (exact) mass is 462 g/mol. The summed E-state index contributed by atoms with van der Waals surface area (Å²) in [5.74, 6) is -0.809. The molecule has 1 aliphatic carbocycles. The largest absolute Gasteiger partial charge is 0.380 e. The summed E-state index contributed by atoms with van der Waals surface area (Å²) in [5.41, 5.74) is 0.544. The van der Waals surface area contributed by atoms with Crippen molar-refractivity contribution in [3.8, 4) is 0 Å². The molecule has 6 nitrogen and oxygen atoms in total. The number of likely N-dealkylation sites (N-methyl/N-ethyl adjacent to an activating group) is 1. The van der Waals surface area contributed by atoms with Crippen molar-refractivity contribution in [3.05, 3.63) is 34.0 Å². The van der Waals surface area contributed by atoms with Gasteiger partial charge in [0, 0.05) is 28.1 Å². The van der Waals surface area contributed by atoms with Crippen LogP contribution in [0, 0.1) is 5.82 Å². The lowest BCUT2D eigenvalue weighted by Crippen LogP contribution is -2.44. The Morgan fingerprint density at radius 1 is 1.27 bits per heavy atom. The Morgan fingerprint density at radius 3 is 2.65 bits per heavy atom. The van der Waals surface area contributed by atoms with Gasteiger partial charge in [-0.2, -0.15) is 0 Å². The first-order chi connectivity index (χ1) is 12.4. The average Bonchev–Trinajstić information content (AvgIpc) is 3.10. The highest BCUT2D eigenvalue weighted by Crippen LogP contribution is 2.32. The molecule has 1 aromatic heterocycles. The first-order valence-electron chi connectivity index (χ1n) is 8.26. The molecule has 3 rings (SSSR count). The van der Waals surface area contributed by atoms with Gasteiger partial charge in [-0.25, -0.2) is 17.8 Å². The van der Waals surface area contributed by atoms with Crippen molar-refractivity contribution in [1.29, 1.82) is 0 Å². The third-order valence-corrected chi connectivity index (χ3v) is 7.27. The molecule has 0 unspecified atom stereocenters. The topological polar surface area (TPSA) is 83.1 Å². The van der Waals surface area contributed by atoms with Crippen molar-refractivity contribution >= 4 is 48.1 Å². The van der Waals surface area contributed by atoms with E-state index in [-0.39, 0.29) is 11.2 Å². The van der Waals surface area contributed by atoms with Crippen molar-refractivity contribution in [2.45, 2.75) is 42.7 Å². The molecule has 0 spiro atoms. The molecular weight excluding hydrogens is 443 g/mol. The molecule has 1 heterocycles. The van der Waals surface area contributed by atoms with Gasteiger partial charge < -0.3 is 10.6 Å². The summed E-state index contributed by atoms with van der Waals surface area (Å²) in [7, 11) is -2.13. The van der Waals surface area contributed by atoms with Gasteiger partial charge in [-0.05, 0) is 48.0 Å². The van der Waals surface area contributed by atoms with Crippen LogP contribution in [-0.2, 0) is 10.0 Å². The number of nitrogens with zero attached hydrogens (tertiary/aromatic N) is 1. The number of rotatable bonds is 6. The number of aromatic nitrogens is 1. The van der Waals surface area contributed by atoms with E-state index in [1.807, 2.05) is 7.05 Å². The van der Waals surface area contributed by atoms with Crippen LogP contribution >= 0.6 is 27.3 Å². The van der Waals surface area contributed by atoms with Crippen LogP contribution in [0.15, 0.2) is 33.1 Å². The van der Waals surface area contributed by atoms with Crippen molar-refractivity contribution in [2.24, 2.45) is 0 Å². The Labute approximate surface area is 164 Å². The second kappa shape index (κ2) is 8.20. The van der Waals surface area contributed by atoms with Crippen LogP contribution in [0.3, 0.4) is 0 Å². The molecule has 1 aromatic carbocycles. The van der Waals surface area contributed by atoms with Crippen LogP contribution in [0.5, 0.6) is 0 Å². The molecule has 10 heteroatoms. The normalized spacial score (nSPS) is 20.7. The lowest BCUT2D eigenvalue weighted by atomic mass is 9.90. The number of hydrogen-bond donors (Lipinski definition) is 3. The predicted molar refractivity (Wildman–Crippen MR) is 106 cm³/mol. The van der Waals surface area contributed by atoms with Crippen LogP contribution in [0.4, 0.5) is 15.2 Å². The zero-order valence-electron chi connectivity index (χ0n) is 14.1. The summed E-state index contributed by atoms with van der Waals surface area (Å²) in [6.07, 6.45) is 5.78. The number of nitrogens with one attached hydrogen (secondary N) is 3. The molecule has 0 bridgehead atoms. The van der Waals surface area contributed by atoms with Gasteiger partial charge in [0.2, 0.25) is 0 Å². The van der Waals surface area contributed by atoms with Gasteiger partial charge in [0.15, 0.2) is 5.13 Å². The van der Waals surface area contributed by atoms with E-state index < -0.39 is 20.7 Å². The molecule has 1 aliphatic rings. The van der Waals surface area contributed by atoms with Crippen molar-refractivity contribution in [2.75, 3.05) is 17.1 Å². The standard InChI is InChI=1S/C16H20BrFN4O2S2/c1-19-12-4-2-3-5-13(12)21-14-9-11(18)15(8-10(14)17)26(23,24)22-16-20-6-7-25-16/h6-9,12-13,19,21H,2-5H2,1H3,(H,20,22)/t12-,13-/m0/s1. The number of sulfonamides is 1. The molecule has 3 N–H and O–H groups in total. The van der Waals surface area contributed by atoms with E-state index in [0.717, 1.165) is 30.6 Å². The SMILES string of the molecule is CN[C@H]1CCCC[C@@H]1Nc1cc(F)c(S(=O)(=O)Nc2nccs2)cc1Br. The molecule has 1 saturated carbocycles. The van der Waals surface area contributed by atoms with Gasteiger partial charge in [-0.1, -0.05) is 12.8 Å². The van der Waals surface area contributed by atoms with E-state index in [9.17, 15) is 12.8 Å². The van der Waals surface area contributed by atoms with Gasteiger partial charge in [0.1, 0.15) is 10.7 Å². The van der Waals surface area contributed by atoms with Crippen LogP contribution < -0.4 is 15.4 Å². The van der Waals surface area contributed by atoms with E-state index in [1.54, 1.807) is 5.38 Å². The van der Waals surface area contributed by atoms with Crippen LogP contribution in [-0.4, -0.2) is 32.5 Å². The fourth-order valence-electron chi connectivity index (χ4n) is 3.14. The van der Waals surface area contributed by atoms with Gasteiger partial charge in [-0.15, -0.1) is 11.3 Å². The molecular formula is C16H20BrFN4O2S2. The van der Waals surface area contributed by atoms with Gasteiger partial charge in [0.25, 0.3) is 10.0 Å². The van der Waals surface area contributed by atoms with Crippen molar-refractivity contribution < 1.29 is 12.8 Å². The number of hydrogen-bond acceptors (Lipinski definition) is 6. The smallest absolute Gasteiger partial charge is 0.266 e. The second-order valence-electron chi connectivity index (χ2n) is 6.14. The quantitative estimate of drug-likeness (QED) is 0.608. The fourth-order valence-corrected chi connectivity index (χ4v) is 5.62. The first-order valence-corrected chi connectivity index (χ1v) is 11.4. The molecule has 2 aromatic rings. The Kier molecular flexibility index (Phi) is 6.16. The lowest BCUT2D eigenvalue weighted by Gasteiger charge is -2.33. The molecule has 142 valence electrons. The number of anilines is 2. The summed E-state index contributed by atoms with van der Waals surface area (Å²) >= 11 is 4.49. The predicted octanol–water partition coefficient (Wildman–Crippen LogP) is 3.79. The van der Waals surface area contributed by atoms with Crippen molar-refractivity contribution in [1.82, 2.24) is 10.3 Å². The second-order valence-corrected chi connectivity index (χ2v) is 9.54. The Hall–Kier alpha value is -1.23. The Balaban J connectivity index is 1.84. The summed E-state index contributed by atoms with van der Waals surface area (Å²) in [6, 6.07) is 2.97. The van der Waals surface area contributed by atoms with E-state index in [2.05, 4.69) is 36.3 Å². The molecule has 0 saturated heterocycles. The minimum atomic E-state index is -4.05. The maximum atomic E-state index is 14.6. The van der Waals surface area contributed by atoms with Crippen LogP contribution in [0.25, 0.3) is 0 Å².